The number of sulfonamides is 1. The maximum Gasteiger partial charge on any atom is 0.307 e. The first-order valence-electron chi connectivity index (χ1n) is 8.46. The minimum absolute atomic E-state index is 0.00879. The highest BCUT2D eigenvalue weighted by Crippen LogP contribution is 2.27. The normalized spacial score (nSPS) is 16.7. The van der Waals surface area contributed by atoms with E-state index in [2.05, 4.69) is 4.72 Å². The van der Waals surface area contributed by atoms with Gasteiger partial charge >= 0.3 is 5.97 Å². The van der Waals surface area contributed by atoms with Crippen LogP contribution in [0.3, 0.4) is 0 Å². The zero-order valence-corrected chi connectivity index (χ0v) is 15.1. The van der Waals surface area contributed by atoms with Gasteiger partial charge in [-0.15, -0.1) is 0 Å². The van der Waals surface area contributed by atoms with E-state index in [0.717, 1.165) is 29.5 Å². The molecule has 0 saturated carbocycles. The average Bonchev–Trinajstić information content (AvgIpc) is 3.01. The SMILES string of the molecule is O=C(O)Cc1ccc2c(c1)CC(CNS(=O)(=O)C=Cc1ccccc1)C2. The summed E-state index contributed by atoms with van der Waals surface area (Å²) in [5, 5.41) is 10.1. The van der Waals surface area contributed by atoms with Gasteiger partial charge in [0.25, 0.3) is 0 Å². The van der Waals surface area contributed by atoms with Gasteiger partial charge in [0, 0.05) is 12.0 Å². The molecule has 3 rings (SSSR count). The van der Waals surface area contributed by atoms with E-state index in [1.165, 1.54) is 11.0 Å². The van der Waals surface area contributed by atoms with Crippen molar-refractivity contribution in [3.63, 3.8) is 0 Å². The summed E-state index contributed by atoms with van der Waals surface area (Å²) >= 11 is 0. The number of nitrogens with one attached hydrogen (secondary N) is 1. The fourth-order valence-electron chi connectivity index (χ4n) is 3.21. The lowest BCUT2D eigenvalue weighted by molar-refractivity contribution is -0.136. The lowest BCUT2D eigenvalue weighted by Crippen LogP contribution is -2.28. The van der Waals surface area contributed by atoms with Crippen LogP contribution in [0.1, 0.15) is 22.3 Å². The van der Waals surface area contributed by atoms with Crippen molar-refractivity contribution in [2.24, 2.45) is 5.92 Å². The van der Waals surface area contributed by atoms with E-state index >= 15 is 0 Å². The zero-order valence-electron chi connectivity index (χ0n) is 14.3. The molecule has 1 aliphatic carbocycles. The van der Waals surface area contributed by atoms with Crippen molar-refractivity contribution in [3.8, 4) is 0 Å². The van der Waals surface area contributed by atoms with E-state index < -0.39 is 16.0 Å². The fourth-order valence-corrected chi connectivity index (χ4v) is 4.11. The molecule has 5 nitrogen and oxygen atoms in total. The van der Waals surface area contributed by atoms with Gasteiger partial charge in [0.05, 0.1) is 6.42 Å². The maximum absolute atomic E-state index is 12.1. The molecule has 2 N–H and O–H groups in total. The molecule has 0 bridgehead atoms. The van der Waals surface area contributed by atoms with Crippen molar-refractivity contribution in [1.82, 2.24) is 4.72 Å². The summed E-state index contributed by atoms with van der Waals surface area (Å²) < 4.78 is 26.9. The van der Waals surface area contributed by atoms with E-state index in [0.29, 0.717) is 6.54 Å². The van der Waals surface area contributed by atoms with E-state index in [4.69, 9.17) is 5.11 Å². The lowest BCUT2D eigenvalue weighted by atomic mass is 10.0. The minimum atomic E-state index is -3.49. The van der Waals surface area contributed by atoms with Gasteiger partial charge in [0.15, 0.2) is 0 Å². The number of rotatable bonds is 7. The molecule has 1 unspecified atom stereocenters. The van der Waals surface area contributed by atoms with Crippen LogP contribution in [0.5, 0.6) is 0 Å². The van der Waals surface area contributed by atoms with Crippen LogP contribution in [-0.4, -0.2) is 26.0 Å². The number of carboxylic acid groups (broad SMARTS) is 1. The van der Waals surface area contributed by atoms with Crippen molar-refractivity contribution >= 4 is 22.1 Å². The molecule has 0 amide bonds. The molecule has 0 heterocycles. The van der Waals surface area contributed by atoms with Gasteiger partial charge in [-0.25, -0.2) is 13.1 Å². The van der Waals surface area contributed by atoms with Crippen LogP contribution in [-0.2, 0) is 34.1 Å². The second kappa shape index (κ2) is 7.85. The first-order chi connectivity index (χ1) is 12.4. The second-order valence-corrected chi connectivity index (χ2v) is 8.21. The van der Waals surface area contributed by atoms with E-state index in [-0.39, 0.29) is 12.3 Å². The van der Waals surface area contributed by atoms with Gasteiger partial charge in [0.1, 0.15) is 0 Å². The van der Waals surface area contributed by atoms with Gasteiger partial charge in [-0.3, -0.25) is 4.79 Å². The Morgan fingerprint density at radius 2 is 1.85 bits per heavy atom. The second-order valence-electron chi connectivity index (χ2n) is 6.55. The highest BCUT2D eigenvalue weighted by molar-refractivity contribution is 7.92. The van der Waals surface area contributed by atoms with Crippen LogP contribution in [0.4, 0.5) is 0 Å². The molecular formula is C20H21NO4S. The molecule has 0 radical (unpaired) electrons. The van der Waals surface area contributed by atoms with Crippen LogP contribution in [0.25, 0.3) is 6.08 Å². The van der Waals surface area contributed by atoms with Crippen molar-refractivity contribution in [1.29, 1.82) is 0 Å². The Kier molecular flexibility index (Phi) is 5.54. The smallest absolute Gasteiger partial charge is 0.307 e. The van der Waals surface area contributed by atoms with Crippen LogP contribution in [0, 0.1) is 5.92 Å². The quantitative estimate of drug-likeness (QED) is 0.784. The third-order valence-electron chi connectivity index (χ3n) is 4.46. The van der Waals surface area contributed by atoms with Gasteiger partial charge in [-0.1, -0.05) is 48.5 Å². The third-order valence-corrected chi connectivity index (χ3v) is 5.52. The molecule has 1 aliphatic rings. The topological polar surface area (TPSA) is 83.5 Å². The number of hydrogen-bond acceptors (Lipinski definition) is 3. The summed E-state index contributed by atoms with van der Waals surface area (Å²) in [6, 6.07) is 15.0. The molecule has 1 atom stereocenters. The van der Waals surface area contributed by atoms with Crippen LogP contribution >= 0.6 is 0 Å². The van der Waals surface area contributed by atoms with Gasteiger partial charge < -0.3 is 5.11 Å². The first-order valence-corrected chi connectivity index (χ1v) is 10.0. The molecule has 6 heteroatoms. The number of fused-ring (bicyclic) bond motifs is 1. The van der Waals surface area contributed by atoms with Gasteiger partial charge in [-0.05, 0) is 47.1 Å². The van der Waals surface area contributed by atoms with Crippen molar-refractivity contribution in [2.75, 3.05) is 6.54 Å². The summed E-state index contributed by atoms with van der Waals surface area (Å²) in [5.74, 6) is -0.664. The Bertz CT molecular complexity index is 920. The van der Waals surface area contributed by atoms with Crippen LogP contribution in [0.15, 0.2) is 53.9 Å². The third kappa shape index (κ3) is 5.03. The summed E-state index contributed by atoms with van der Waals surface area (Å²) in [6.45, 7) is 0.365. The Hall–Kier alpha value is -2.44. The molecule has 2 aromatic carbocycles. The Morgan fingerprint density at radius 3 is 2.58 bits per heavy atom. The Labute approximate surface area is 153 Å². The maximum atomic E-state index is 12.1. The summed E-state index contributed by atoms with van der Waals surface area (Å²) in [7, 11) is -3.49. The summed E-state index contributed by atoms with van der Waals surface area (Å²) in [6.07, 6.45) is 3.14. The summed E-state index contributed by atoms with van der Waals surface area (Å²) in [4.78, 5) is 10.8. The molecule has 0 aromatic heterocycles. The first kappa shape index (κ1) is 18.4. The minimum Gasteiger partial charge on any atom is -0.481 e. The van der Waals surface area contributed by atoms with Crippen molar-refractivity contribution in [3.05, 3.63) is 76.2 Å². The van der Waals surface area contributed by atoms with E-state index in [1.807, 2.05) is 48.5 Å². The summed E-state index contributed by atoms with van der Waals surface area (Å²) in [5.41, 5.74) is 3.90. The predicted molar refractivity (Wildman–Crippen MR) is 101 cm³/mol. The van der Waals surface area contributed by atoms with Crippen LogP contribution < -0.4 is 4.72 Å². The van der Waals surface area contributed by atoms with Crippen LogP contribution in [0.2, 0.25) is 0 Å². The molecule has 2 aromatic rings. The Balaban J connectivity index is 1.57. The Morgan fingerprint density at radius 1 is 1.12 bits per heavy atom. The monoisotopic (exact) mass is 371 g/mol. The predicted octanol–water partition coefficient (Wildman–Crippen LogP) is 2.62. The number of carbonyl (C=O) groups is 1. The molecule has 26 heavy (non-hydrogen) atoms. The van der Waals surface area contributed by atoms with Gasteiger partial charge in [0.2, 0.25) is 10.0 Å². The standard InChI is InChI=1S/C20H21NO4S/c22-20(23)13-16-6-7-18-11-17(12-19(18)10-16)14-21-26(24,25)9-8-15-4-2-1-3-5-15/h1-10,17,21H,11-14H2,(H,22,23). The highest BCUT2D eigenvalue weighted by Gasteiger charge is 2.23. The van der Waals surface area contributed by atoms with Gasteiger partial charge in [-0.2, -0.15) is 0 Å². The lowest BCUT2D eigenvalue weighted by Gasteiger charge is -2.09. The van der Waals surface area contributed by atoms with E-state index in [9.17, 15) is 13.2 Å². The average molecular weight is 371 g/mol. The number of aliphatic carboxylic acids is 1. The molecule has 0 saturated heterocycles. The highest BCUT2D eigenvalue weighted by atomic mass is 32.2. The molecule has 0 spiro atoms. The molecular weight excluding hydrogens is 350 g/mol. The number of hydrogen-bond donors (Lipinski definition) is 2. The molecule has 0 fully saturated rings. The van der Waals surface area contributed by atoms with Crippen molar-refractivity contribution in [2.45, 2.75) is 19.3 Å². The molecule has 136 valence electrons. The number of carboxylic acids is 1. The largest absolute Gasteiger partial charge is 0.481 e. The van der Waals surface area contributed by atoms with E-state index in [1.54, 1.807) is 6.08 Å². The molecule has 0 aliphatic heterocycles. The van der Waals surface area contributed by atoms with Crippen molar-refractivity contribution < 1.29 is 18.3 Å². The zero-order chi connectivity index (χ0) is 18.6. The fraction of sp³-hybridized carbons (Fsp3) is 0.250. The number of benzene rings is 2.